The maximum atomic E-state index is 11.0. The van der Waals surface area contributed by atoms with Crippen molar-refractivity contribution in [2.24, 2.45) is 5.73 Å². The summed E-state index contributed by atoms with van der Waals surface area (Å²) in [5.41, 5.74) is 5.10. The molecular weight excluding hydrogens is 234 g/mol. The Morgan fingerprint density at radius 1 is 1.62 bits per heavy atom. The van der Waals surface area contributed by atoms with Gasteiger partial charge in [-0.05, 0) is 17.4 Å². The fourth-order valence-corrected chi connectivity index (χ4v) is 1.52. The lowest BCUT2D eigenvalue weighted by Gasteiger charge is -2.06. The van der Waals surface area contributed by atoms with Gasteiger partial charge in [0.05, 0.1) is 12.4 Å². The van der Waals surface area contributed by atoms with Crippen molar-refractivity contribution in [1.82, 2.24) is 20.2 Å². The molecule has 0 saturated heterocycles. The molecule has 1 aromatic rings. The van der Waals surface area contributed by atoms with Gasteiger partial charge < -0.3 is 10.5 Å². The minimum Gasteiger partial charge on any atom is -0.468 e. The van der Waals surface area contributed by atoms with Crippen LogP contribution < -0.4 is 5.73 Å². The van der Waals surface area contributed by atoms with Gasteiger partial charge in [0.2, 0.25) is 11.1 Å². The molecule has 8 nitrogen and oxygen atoms in total. The van der Waals surface area contributed by atoms with Crippen molar-refractivity contribution >= 4 is 23.6 Å². The fourth-order valence-electron chi connectivity index (χ4n) is 0.783. The van der Waals surface area contributed by atoms with E-state index in [2.05, 4.69) is 20.3 Å². The molecule has 1 rings (SSSR count). The van der Waals surface area contributed by atoms with Gasteiger partial charge >= 0.3 is 5.97 Å². The van der Waals surface area contributed by atoms with E-state index in [1.165, 1.54) is 11.8 Å². The molecule has 1 aromatic heterocycles. The first-order valence-corrected chi connectivity index (χ1v) is 5.21. The first-order chi connectivity index (χ1) is 7.54. The third-order valence-electron chi connectivity index (χ3n) is 1.69. The highest BCUT2D eigenvalue weighted by Crippen LogP contribution is 2.19. The topological polar surface area (TPSA) is 113 Å². The number of aromatic nitrogens is 4. The van der Waals surface area contributed by atoms with Gasteiger partial charge in [-0.15, -0.1) is 5.10 Å². The van der Waals surface area contributed by atoms with Crippen LogP contribution in [0.3, 0.4) is 0 Å². The minimum absolute atomic E-state index is 0.0999. The van der Waals surface area contributed by atoms with Crippen molar-refractivity contribution < 1.29 is 14.3 Å². The number of carbonyl (C=O) groups is 2. The minimum atomic E-state index is -0.474. The maximum absolute atomic E-state index is 11.0. The van der Waals surface area contributed by atoms with Crippen molar-refractivity contribution in [3.05, 3.63) is 0 Å². The Labute approximate surface area is 95.5 Å². The number of nitrogens with zero attached hydrogens (tertiary/aromatic N) is 4. The van der Waals surface area contributed by atoms with Crippen LogP contribution in [0.5, 0.6) is 0 Å². The molecule has 1 heterocycles. The van der Waals surface area contributed by atoms with Crippen LogP contribution in [-0.2, 0) is 20.9 Å². The van der Waals surface area contributed by atoms with E-state index in [4.69, 9.17) is 5.73 Å². The summed E-state index contributed by atoms with van der Waals surface area (Å²) in [5.74, 6) is -0.946. The quantitative estimate of drug-likeness (QED) is 0.512. The molecule has 0 spiro atoms. The number of nitrogens with two attached hydrogens (primary N) is 1. The molecule has 0 bridgehead atoms. The van der Waals surface area contributed by atoms with E-state index in [0.29, 0.717) is 5.16 Å². The van der Waals surface area contributed by atoms with Crippen molar-refractivity contribution in [3.63, 3.8) is 0 Å². The Morgan fingerprint density at radius 2 is 2.31 bits per heavy atom. The maximum Gasteiger partial charge on any atom is 0.327 e. The molecule has 0 saturated carbocycles. The standard InChI is InChI=1S/C7H11N5O3S/c1-4(6(8)14)16-7-9-10-11-12(7)3-5(13)15-2/h4H,3H2,1-2H3,(H2,8,14). The average molecular weight is 245 g/mol. The number of rotatable bonds is 5. The Bertz CT molecular complexity index is 393. The van der Waals surface area contributed by atoms with Gasteiger partial charge in [-0.2, -0.15) is 0 Å². The number of carbonyl (C=O) groups excluding carboxylic acids is 2. The highest BCUT2D eigenvalue weighted by Gasteiger charge is 2.17. The first-order valence-electron chi connectivity index (χ1n) is 4.33. The SMILES string of the molecule is COC(=O)Cn1nnnc1SC(C)C(N)=O. The van der Waals surface area contributed by atoms with Crippen LogP contribution in [0, 0.1) is 0 Å². The van der Waals surface area contributed by atoms with Crippen LogP contribution in [-0.4, -0.2) is 44.4 Å². The molecule has 0 aliphatic carbocycles. The summed E-state index contributed by atoms with van der Waals surface area (Å²) in [7, 11) is 1.27. The van der Waals surface area contributed by atoms with Gasteiger partial charge in [0.15, 0.2) is 0 Å². The van der Waals surface area contributed by atoms with Crippen LogP contribution in [0.25, 0.3) is 0 Å². The van der Waals surface area contributed by atoms with Gasteiger partial charge in [0, 0.05) is 0 Å². The molecule has 0 aliphatic rings. The van der Waals surface area contributed by atoms with E-state index < -0.39 is 17.1 Å². The zero-order valence-electron chi connectivity index (χ0n) is 8.78. The van der Waals surface area contributed by atoms with Gasteiger partial charge in [-0.1, -0.05) is 11.8 Å². The molecule has 2 N–H and O–H groups in total. The van der Waals surface area contributed by atoms with Crippen molar-refractivity contribution in [3.8, 4) is 0 Å². The zero-order valence-corrected chi connectivity index (χ0v) is 9.60. The second-order valence-corrected chi connectivity index (χ2v) is 4.17. The smallest absolute Gasteiger partial charge is 0.327 e. The largest absolute Gasteiger partial charge is 0.468 e. The predicted molar refractivity (Wildman–Crippen MR) is 54.3 cm³/mol. The second kappa shape index (κ2) is 5.45. The van der Waals surface area contributed by atoms with Crippen molar-refractivity contribution in [1.29, 1.82) is 0 Å². The lowest BCUT2D eigenvalue weighted by molar-refractivity contribution is -0.141. The van der Waals surface area contributed by atoms with Crippen LogP contribution in [0.2, 0.25) is 0 Å². The Morgan fingerprint density at radius 3 is 2.88 bits per heavy atom. The molecule has 88 valence electrons. The summed E-state index contributed by atoms with van der Waals surface area (Å²) in [6.07, 6.45) is 0. The number of ether oxygens (including phenoxy) is 1. The molecule has 1 unspecified atom stereocenters. The molecule has 16 heavy (non-hydrogen) atoms. The number of thioether (sulfide) groups is 1. The number of hydrogen-bond donors (Lipinski definition) is 1. The van der Waals surface area contributed by atoms with Crippen molar-refractivity contribution in [2.75, 3.05) is 7.11 Å². The van der Waals surface area contributed by atoms with Crippen LogP contribution in [0.15, 0.2) is 5.16 Å². The third kappa shape index (κ3) is 3.19. The van der Waals surface area contributed by atoms with Gasteiger partial charge in [-0.3, -0.25) is 9.59 Å². The summed E-state index contributed by atoms with van der Waals surface area (Å²) < 4.78 is 5.72. The summed E-state index contributed by atoms with van der Waals surface area (Å²) in [4.78, 5) is 21.9. The molecule has 0 aliphatic heterocycles. The van der Waals surface area contributed by atoms with E-state index in [0.717, 1.165) is 11.8 Å². The first kappa shape index (κ1) is 12.4. The summed E-state index contributed by atoms with van der Waals surface area (Å²) >= 11 is 1.08. The zero-order chi connectivity index (χ0) is 12.1. The molecule has 0 fully saturated rings. The van der Waals surface area contributed by atoms with E-state index in [1.807, 2.05) is 0 Å². The van der Waals surface area contributed by atoms with E-state index in [-0.39, 0.29) is 6.54 Å². The van der Waals surface area contributed by atoms with Crippen molar-refractivity contribution in [2.45, 2.75) is 23.9 Å². The Balaban J connectivity index is 2.70. The molecule has 1 atom stereocenters. The van der Waals surface area contributed by atoms with E-state index in [9.17, 15) is 9.59 Å². The summed E-state index contributed by atoms with van der Waals surface area (Å²) in [6.45, 7) is 1.53. The number of primary amides is 1. The summed E-state index contributed by atoms with van der Waals surface area (Å²) in [5, 5.41) is 10.6. The summed E-state index contributed by atoms with van der Waals surface area (Å²) in [6, 6.07) is 0. The van der Waals surface area contributed by atoms with Crippen LogP contribution in [0.4, 0.5) is 0 Å². The number of amides is 1. The highest BCUT2D eigenvalue weighted by atomic mass is 32.2. The molecule has 9 heteroatoms. The molecule has 1 amide bonds. The van der Waals surface area contributed by atoms with Gasteiger partial charge in [-0.25, -0.2) is 4.68 Å². The van der Waals surface area contributed by atoms with Crippen LogP contribution >= 0.6 is 11.8 Å². The molecular formula is C7H11N5O3S. The second-order valence-electron chi connectivity index (χ2n) is 2.86. The number of esters is 1. The number of methoxy groups -OCH3 is 1. The fraction of sp³-hybridized carbons (Fsp3) is 0.571. The number of hydrogen-bond acceptors (Lipinski definition) is 7. The van der Waals surface area contributed by atoms with Gasteiger partial charge in [0.25, 0.3) is 0 Å². The third-order valence-corrected chi connectivity index (χ3v) is 2.78. The van der Waals surface area contributed by atoms with Gasteiger partial charge in [0.1, 0.15) is 6.54 Å². The monoisotopic (exact) mass is 245 g/mol. The predicted octanol–water partition coefficient (Wildman–Crippen LogP) is -1.19. The van der Waals surface area contributed by atoms with Crippen LogP contribution in [0.1, 0.15) is 6.92 Å². The van der Waals surface area contributed by atoms with E-state index >= 15 is 0 Å². The Hall–Kier alpha value is -1.64. The molecule has 0 aromatic carbocycles. The lowest BCUT2D eigenvalue weighted by Crippen LogP contribution is -2.23. The average Bonchev–Trinajstić information content (AvgIpc) is 2.65. The lowest BCUT2D eigenvalue weighted by atomic mass is 10.5. The normalized spacial score (nSPS) is 12.1. The Kier molecular flexibility index (Phi) is 4.23. The number of tetrazole rings is 1. The highest BCUT2D eigenvalue weighted by molar-refractivity contribution is 8.00. The molecule has 0 radical (unpaired) electrons. The van der Waals surface area contributed by atoms with E-state index in [1.54, 1.807) is 6.92 Å².